The molecule has 0 amide bonds. The van der Waals surface area contributed by atoms with Crippen LogP contribution in [0.4, 0.5) is 0 Å². The van der Waals surface area contributed by atoms with E-state index in [-0.39, 0.29) is 0 Å². The van der Waals surface area contributed by atoms with Gasteiger partial charge < -0.3 is 5.11 Å². The summed E-state index contributed by atoms with van der Waals surface area (Å²) < 4.78 is 0. The Kier molecular flexibility index (Phi) is 3.40. The van der Waals surface area contributed by atoms with Crippen LogP contribution < -0.4 is 0 Å². The molecule has 102 valence electrons. The Morgan fingerprint density at radius 2 is 2.00 bits per heavy atom. The fourth-order valence-corrected chi connectivity index (χ4v) is 2.84. The van der Waals surface area contributed by atoms with Gasteiger partial charge in [0.2, 0.25) is 0 Å². The van der Waals surface area contributed by atoms with E-state index < -0.39 is 11.9 Å². The molecule has 1 aliphatic carbocycles. The largest absolute Gasteiger partial charge is 0.481 e. The van der Waals surface area contributed by atoms with Gasteiger partial charge >= 0.3 is 5.97 Å². The van der Waals surface area contributed by atoms with Gasteiger partial charge in [-0.3, -0.25) is 9.78 Å². The van der Waals surface area contributed by atoms with E-state index in [1.807, 2.05) is 18.2 Å². The van der Waals surface area contributed by atoms with Crippen molar-refractivity contribution in [1.29, 1.82) is 0 Å². The molecule has 3 nitrogen and oxygen atoms in total. The van der Waals surface area contributed by atoms with Gasteiger partial charge in [-0.1, -0.05) is 35.3 Å². The highest BCUT2D eigenvalue weighted by molar-refractivity contribution is 6.42. The average molecular weight is 308 g/mol. The first kappa shape index (κ1) is 13.4. The van der Waals surface area contributed by atoms with Crippen molar-refractivity contribution in [2.24, 2.45) is 0 Å². The quantitative estimate of drug-likeness (QED) is 0.906. The molecule has 2 aromatic rings. The van der Waals surface area contributed by atoms with E-state index in [0.29, 0.717) is 22.9 Å². The Labute approximate surface area is 126 Å². The summed E-state index contributed by atoms with van der Waals surface area (Å²) >= 11 is 11.9. The number of fused-ring (bicyclic) bond motifs is 1. The monoisotopic (exact) mass is 307 g/mol. The average Bonchev–Trinajstić information content (AvgIpc) is 2.85. The zero-order valence-corrected chi connectivity index (χ0v) is 11.9. The van der Waals surface area contributed by atoms with Crippen molar-refractivity contribution in [3.63, 3.8) is 0 Å². The van der Waals surface area contributed by atoms with Crippen LogP contribution in [0.3, 0.4) is 0 Å². The van der Waals surface area contributed by atoms with Crippen molar-refractivity contribution in [1.82, 2.24) is 4.98 Å². The summed E-state index contributed by atoms with van der Waals surface area (Å²) in [5.74, 6) is -1.21. The van der Waals surface area contributed by atoms with Crippen molar-refractivity contribution in [2.75, 3.05) is 0 Å². The Morgan fingerprint density at radius 1 is 1.20 bits per heavy atom. The highest BCUT2D eigenvalue weighted by Gasteiger charge is 2.29. The first-order valence-corrected chi connectivity index (χ1v) is 7.00. The third-order valence-electron chi connectivity index (χ3n) is 3.57. The Balaban J connectivity index is 2.01. The van der Waals surface area contributed by atoms with Crippen molar-refractivity contribution < 1.29 is 9.90 Å². The van der Waals surface area contributed by atoms with E-state index in [4.69, 9.17) is 28.3 Å². The number of pyridine rings is 1. The van der Waals surface area contributed by atoms with Crippen LogP contribution in [0.25, 0.3) is 11.3 Å². The van der Waals surface area contributed by atoms with Crippen LogP contribution in [0.5, 0.6) is 0 Å². The maximum Gasteiger partial charge on any atom is 0.311 e. The number of carboxylic acids is 1. The molecular weight excluding hydrogens is 297 g/mol. The maximum atomic E-state index is 11.1. The minimum Gasteiger partial charge on any atom is -0.481 e. The molecule has 0 aliphatic heterocycles. The fourth-order valence-electron chi connectivity index (χ4n) is 2.54. The summed E-state index contributed by atoms with van der Waals surface area (Å²) in [5.41, 5.74) is 3.34. The number of benzene rings is 1. The number of halogens is 2. The lowest BCUT2D eigenvalue weighted by atomic mass is 10.0. The number of hydrogen-bond acceptors (Lipinski definition) is 2. The predicted molar refractivity (Wildman–Crippen MR) is 78.4 cm³/mol. The minimum atomic E-state index is -0.784. The van der Waals surface area contributed by atoms with Crippen molar-refractivity contribution in [3.05, 3.63) is 51.6 Å². The molecule has 1 aromatic heterocycles. The number of aliphatic carboxylic acids is 1. The van der Waals surface area contributed by atoms with Crippen LogP contribution in [0, 0.1) is 0 Å². The van der Waals surface area contributed by atoms with Gasteiger partial charge in [0.25, 0.3) is 0 Å². The second-order valence-corrected chi connectivity index (χ2v) is 5.61. The normalized spacial score (nSPS) is 17.0. The maximum absolute atomic E-state index is 11.1. The lowest BCUT2D eigenvalue weighted by molar-refractivity contribution is -0.138. The standard InChI is InChI=1S/C15H11Cl2NO2/c16-11-4-1-8(7-12(11)17)13-5-2-9-10(15(19)20)3-6-14(9)18-13/h1-2,4-5,7,10H,3,6H2,(H,19,20). The topological polar surface area (TPSA) is 50.2 Å². The molecule has 0 spiro atoms. The molecule has 3 rings (SSSR count). The number of carbonyl (C=O) groups is 1. The Hall–Kier alpha value is -1.58. The number of nitrogens with zero attached hydrogens (tertiary/aromatic N) is 1. The summed E-state index contributed by atoms with van der Waals surface area (Å²) in [7, 11) is 0. The Morgan fingerprint density at radius 3 is 2.70 bits per heavy atom. The van der Waals surface area contributed by atoms with Crippen molar-refractivity contribution in [3.8, 4) is 11.3 Å². The molecule has 0 fully saturated rings. The number of aryl methyl sites for hydroxylation is 1. The molecule has 0 radical (unpaired) electrons. The van der Waals surface area contributed by atoms with Gasteiger partial charge in [0.15, 0.2) is 0 Å². The van der Waals surface area contributed by atoms with Crippen LogP contribution >= 0.6 is 23.2 Å². The predicted octanol–water partition coefficient (Wildman–Crippen LogP) is 4.17. The van der Waals surface area contributed by atoms with E-state index in [1.54, 1.807) is 12.1 Å². The third kappa shape index (κ3) is 2.28. The smallest absolute Gasteiger partial charge is 0.311 e. The SMILES string of the molecule is O=C(O)C1CCc2nc(-c3ccc(Cl)c(Cl)c3)ccc21. The summed E-state index contributed by atoms with van der Waals surface area (Å²) in [6.45, 7) is 0. The number of aromatic nitrogens is 1. The minimum absolute atomic E-state index is 0.430. The summed E-state index contributed by atoms with van der Waals surface area (Å²) in [5, 5.41) is 10.1. The third-order valence-corrected chi connectivity index (χ3v) is 4.31. The van der Waals surface area contributed by atoms with Gasteiger partial charge in [-0.05, 0) is 36.6 Å². The van der Waals surface area contributed by atoms with Crippen molar-refractivity contribution >= 4 is 29.2 Å². The molecule has 20 heavy (non-hydrogen) atoms. The highest BCUT2D eigenvalue weighted by atomic mass is 35.5. The van der Waals surface area contributed by atoms with Gasteiger partial charge in [-0.25, -0.2) is 0 Å². The summed E-state index contributed by atoms with van der Waals surface area (Å²) in [4.78, 5) is 15.7. The molecule has 1 aromatic carbocycles. The molecule has 1 aliphatic rings. The van der Waals surface area contributed by atoms with E-state index in [0.717, 1.165) is 22.5 Å². The fraction of sp³-hybridized carbons (Fsp3) is 0.200. The van der Waals surface area contributed by atoms with Crippen LogP contribution in [0.2, 0.25) is 10.0 Å². The van der Waals surface area contributed by atoms with Gasteiger partial charge in [0.1, 0.15) is 0 Å². The summed E-state index contributed by atoms with van der Waals surface area (Å²) in [6, 6.07) is 9.04. The first-order valence-electron chi connectivity index (χ1n) is 6.24. The van der Waals surface area contributed by atoms with Gasteiger partial charge in [0, 0.05) is 11.3 Å². The van der Waals surface area contributed by atoms with Gasteiger partial charge in [-0.15, -0.1) is 0 Å². The lowest BCUT2D eigenvalue weighted by Gasteiger charge is -2.08. The van der Waals surface area contributed by atoms with E-state index in [1.165, 1.54) is 0 Å². The van der Waals surface area contributed by atoms with E-state index >= 15 is 0 Å². The zero-order chi connectivity index (χ0) is 14.3. The molecular formula is C15H11Cl2NO2. The number of carboxylic acid groups (broad SMARTS) is 1. The molecule has 1 atom stereocenters. The molecule has 1 N–H and O–H groups in total. The van der Waals surface area contributed by atoms with Crippen LogP contribution in [-0.4, -0.2) is 16.1 Å². The lowest BCUT2D eigenvalue weighted by Crippen LogP contribution is -2.07. The molecule has 1 heterocycles. The molecule has 0 saturated carbocycles. The van der Waals surface area contributed by atoms with Crippen LogP contribution in [0.1, 0.15) is 23.6 Å². The second kappa shape index (κ2) is 5.08. The Bertz CT molecular complexity index is 700. The van der Waals surface area contributed by atoms with Crippen molar-refractivity contribution in [2.45, 2.75) is 18.8 Å². The highest BCUT2D eigenvalue weighted by Crippen LogP contribution is 2.34. The van der Waals surface area contributed by atoms with E-state index in [9.17, 15) is 4.79 Å². The zero-order valence-electron chi connectivity index (χ0n) is 10.4. The first-order chi connectivity index (χ1) is 9.56. The van der Waals surface area contributed by atoms with E-state index in [2.05, 4.69) is 4.98 Å². The molecule has 0 saturated heterocycles. The molecule has 0 bridgehead atoms. The van der Waals surface area contributed by atoms with Gasteiger partial charge in [-0.2, -0.15) is 0 Å². The number of hydrogen-bond donors (Lipinski definition) is 1. The summed E-state index contributed by atoms with van der Waals surface area (Å²) in [6.07, 6.45) is 1.31. The van der Waals surface area contributed by atoms with Gasteiger partial charge in [0.05, 0.1) is 21.7 Å². The number of rotatable bonds is 2. The molecule has 1 unspecified atom stereocenters. The second-order valence-electron chi connectivity index (χ2n) is 4.79. The molecule has 5 heteroatoms. The van der Waals surface area contributed by atoms with Crippen LogP contribution in [0.15, 0.2) is 30.3 Å². The van der Waals surface area contributed by atoms with Crippen LogP contribution in [-0.2, 0) is 11.2 Å².